The van der Waals surface area contributed by atoms with Crippen molar-refractivity contribution in [3.8, 4) is 0 Å². The summed E-state index contributed by atoms with van der Waals surface area (Å²) in [5, 5.41) is 0.147. The molecule has 3 aromatic rings. The highest BCUT2D eigenvalue weighted by molar-refractivity contribution is 7.92. The van der Waals surface area contributed by atoms with Crippen molar-refractivity contribution in [3.05, 3.63) is 52.7 Å². The molecule has 1 aromatic carbocycles. The summed E-state index contributed by atoms with van der Waals surface area (Å²) in [4.78, 5) is 8.40. The van der Waals surface area contributed by atoms with E-state index in [2.05, 4.69) is 14.7 Å². The largest absolute Gasteiger partial charge is 0.324 e. The number of imidazole rings is 1. The van der Waals surface area contributed by atoms with Gasteiger partial charge in [-0.2, -0.15) is 0 Å². The molecule has 0 aliphatic heterocycles. The zero-order valence-electron chi connectivity index (χ0n) is 12.9. The first-order valence-electron chi connectivity index (χ1n) is 6.98. The summed E-state index contributed by atoms with van der Waals surface area (Å²) in [7, 11) is -3.51. The van der Waals surface area contributed by atoms with Crippen molar-refractivity contribution in [2.45, 2.75) is 13.5 Å². The van der Waals surface area contributed by atoms with Crippen molar-refractivity contribution in [1.29, 1.82) is 0 Å². The van der Waals surface area contributed by atoms with Crippen LogP contribution >= 0.6 is 11.6 Å². The second-order valence-corrected chi connectivity index (χ2v) is 7.54. The smallest absolute Gasteiger partial charge is 0.231 e. The van der Waals surface area contributed by atoms with E-state index in [0.29, 0.717) is 23.4 Å². The summed E-state index contributed by atoms with van der Waals surface area (Å²) in [6.07, 6.45) is 1.03. The molecule has 2 heterocycles. The van der Waals surface area contributed by atoms with E-state index in [9.17, 15) is 12.8 Å². The Morgan fingerprint density at radius 2 is 1.92 bits per heavy atom. The van der Waals surface area contributed by atoms with Gasteiger partial charge < -0.3 is 4.57 Å². The standard InChI is InChI=1S/C15H14ClFN4O2S/c1-9-18-14-12(7-13(16)19-15(14)20-24(2,22)23)21(9)8-10-3-5-11(17)6-4-10/h3-7H,8H2,1-2H3,(H,19,20). The molecule has 0 aliphatic carbocycles. The van der Waals surface area contributed by atoms with Gasteiger partial charge >= 0.3 is 0 Å². The second-order valence-electron chi connectivity index (χ2n) is 5.41. The first-order valence-corrected chi connectivity index (χ1v) is 9.25. The maximum atomic E-state index is 13.1. The second kappa shape index (κ2) is 6.03. The number of fused-ring (bicyclic) bond motifs is 1. The summed E-state index contributed by atoms with van der Waals surface area (Å²) < 4.78 is 40.3. The number of benzene rings is 1. The number of halogens is 2. The highest BCUT2D eigenvalue weighted by Crippen LogP contribution is 2.27. The quantitative estimate of drug-likeness (QED) is 0.718. The number of aryl methyl sites for hydroxylation is 1. The average molecular weight is 369 g/mol. The number of nitrogens with zero attached hydrogens (tertiary/aromatic N) is 3. The lowest BCUT2D eigenvalue weighted by atomic mass is 10.2. The van der Waals surface area contributed by atoms with E-state index in [1.165, 1.54) is 12.1 Å². The first kappa shape index (κ1) is 16.7. The molecule has 0 aliphatic rings. The van der Waals surface area contributed by atoms with Crippen molar-refractivity contribution in [3.63, 3.8) is 0 Å². The average Bonchev–Trinajstić information content (AvgIpc) is 2.77. The normalized spacial score (nSPS) is 11.8. The first-order chi connectivity index (χ1) is 11.2. The lowest BCUT2D eigenvalue weighted by molar-refractivity contribution is 0.606. The molecular formula is C15H14ClFN4O2S. The monoisotopic (exact) mass is 368 g/mol. The number of hydrogen-bond acceptors (Lipinski definition) is 4. The molecule has 3 rings (SSSR count). The molecule has 0 amide bonds. The molecule has 9 heteroatoms. The van der Waals surface area contributed by atoms with Crippen LogP contribution in [0.25, 0.3) is 11.0 Å². The van der Waals surface area contributed by atoms with Gasteiger partial charge in [0.05, 0.1) is 11.8 Å². The Bertz CT molecular complexity index is 1020. The number of sulfonamides is 1. The molecule has 6 nitrogen and oxygen atoms in total. The highest BCUT2D eigenvalue weighted by atomic mass is 35.5. The van der Waals surface area contributed by atoms with Gasteiger partial charge in [0, 0.05) is 12.6 Å². The minimum absolute atomic E-state index is 0.0842. The number of anilines is 1. The van der Waals surface area contributed by atoms with E-state index in [4.69, 9.17) is 11.6 Å². The van der Waals surface area contributed by atoms with E-state index < -0.39 is 10.0 Å². The number of rotatable bonds is 4. The van der Waals surface area contributed by atoms with Gasteiger partial charge in [0.1, 0.15) is 22.3 Å². The van der Waals surface area contributed by atoms with Crippen molar-refractivity contribution in [2.75, 3.05) is 11.0 Å². The molecular weight excluding hydrogens is 355 g/mol. The van der Waals surface area contributed by atoms with Crippen molar-refractivity contribution < 1.29 is 12.8 Å². The van der Waals surface area contributed by atoms with Crippen molar-refractivity contribution in [2.24, 2.45) is 0 Å². The van der Waals surface area contributed by atoms with Gasteiger partial charge in [-0.15, -0.1) is 0 Å². The van der Waals surface area contributed by atoms with Gasteiger partial charge in [-0.05, 0) is 24.6 Å². The molecule has 0 unspecified atom stereocenters. The van der Waals surface area contributed by atoms with E-state index in [-0.39, 0.29) is 16.8 Å². The fourth-order valence-corrected chi connectivity index (χ4v) is 3.11. The lowest BCUT2D eigenvalue weighted by Gasteiger charge is -2.08. The van der Waals surface area contributed by atoms with E-state index in [1.54, 1.807) is 25.1 Å². The van der Waals surface area contributed by atoms with Crippen LogP contribution in [0.1, 0.15) is 11.4 Å². The van der Waals surface area contributed by atoms with Gasteiger partial charge in [-0.3, -0.25) is 4.72 Å². The minimum Gasteiger partial charge on any atom is -0.324 e. The molecule has 24 heavy (non-hydrogen) atoms. The Morgan fingerprint density at radius 1 is 1.25 bits per heavy atom. The zero-order valence-corrected chi connectivity index (χ0v) is 14.5. The van der Waals surface area contributed by atoms with Crippen LogP contribution < -0.4 is 4.72 Å². The predicted molar refractivity (Wildman–Crippen MR) is 91.2 cm³/mol. The lowest BCUT2D eigenvalue weighted by Crippen LogP contribution is -2.11. The molecule has 126 valence electrons. The fourth-order valence-electron chi connectivity index (χ4n) is 2.43. The summed E-state index contributed by atoms with van der Waals surface area (Å²) in [6, 6.07) is 7.75. The van der Waals surface area contributed by atoms with Crippen LogP contribution in [-0.2, 0) is 16.6 Å². The van der Waals surface area contributed by atoms with Crippen molar-refractivity contribution >= 4 is 38.5 Å². The Morgan fingerprint density at radius 3 is 2.54 bits per heavy atom. The Kier molecular flexibility index (Phi) is 4.18. The maximum absolute atomic E-state index is 13.1. The van der Waals surface area contributed by atoms with Gasteiger partial charge in [0.25, 0.3) is 0 Å². The van der Waals surface area contributed by atoms with Gasteiger partial charge in [0.2, 0.25) is 10.0 Å². The molecule has 1 N–H and O–H groups in total. The Labute approximate surface area is 143 Å². The topological polar surface area (TPSA) is 76.9 Å². The van der Waals surface area contributed by atoms with E-state index in [1.807, 2.05) is 4.57 Å². The van der Waals surface area contributed by atoms with E-state index >= 15 is 0 Å². The highest BCUT2D eigenvalue weighted by Gasteiger charge is 2.16. The van der Waals surface area contributed by atoms with Crippen LogP contribution in [-0.4, -0.2) is 29.2 Å². The van der Waals surface area contributed by atoms with Crippen LogP contribution in [0.4, 0.5) is 10.2 Å². The summed E-state index contributed by atoms with van der Waals surface area (Å²) >= 11 is 6.02. The SMILES string of the molecule is Cc1nc2c(NS(C)(=O)=O)nc(Cl)cc2n1Cc1ccc(F)cc1. The third-order valence-corrected chi connectivity index (χ3v) is 4.19. The summed E-state index contributed by atoms with van der Waals surface area (Å²) in [5.41, 5.74) is 1.93. The number of hydrogen-bond donors (Lipinski definition) is 1. The van der Waals surface area contributed by atoms with Gasteiger partial charge in [-0.25, -0.2) is 22.8 Å². The van der Waals surface area contributed by atoms with Crippen LogP contribution in [0.3, 0.4) is 0 Å². The predicted octanol–water partition coefficient (Wildman–Crippen LogP) is 2.95. The van der Waals surface area contributed by atoms with Gasteiger partial charge in [0.15, 0.2) is 5.82 Å². The van der Waals surface area contributed by atoms with E-state index in [0.717, 1.165) is 11.8 Å². The number of pyridine rings is 1. The third kappa shape index (κ3) is 3.49. The number of aromatic nitrogens is 3. The molecule has 0 saturated carbocycles. The zero-order chi connectivity index (χ0) is 17.5. The molecule has 0 radical (unpaired) electrons. The van der Waals surface area contributed by atoms with Crippen LogP contribution in [0, 0.1) is 12.7 Å². The maximum Gasteiger partial charge on any atom is 0.231 e. The van der Waals surface area contributed by atoms with Crippen molar-refractivity contribution in [1.82, 2.24) is 14.5 Å². The van der Waals surface area contributed by atoms with Crippen LogP contribution in [0.5, 0.6) is 0 Å². The minimum atomic E-state index is -3.51. The summed E-state index contributed by atoms with van der Waals surface area (Å²) in [5.74, 6) is 0.439. The van der Waals surface area contributed by atoms with Crippen LogP contribution in [0.2, 0.25) is 5.15 Å². The Hall–Kier alpha value is -2.19. The molecule has 0 fully saturated rings. The molecule has 0 bridgehead atoms. The molecule has 0 atom stereocenters. The van der Waals surface area contributed by atoms with Gasteiger partial charge in [-0.1, -0.05) is 23.7 Å². The third-order valence-electron chi connectivity index (χ3n) is 3.43. The Balaban J connectivity index is 2.12. The molecule has 0 spiro atoms. The number of nitrogens with one attached hydrogen (secondary N) is 1. The summed E-state index contributed by atoms with van der Waals surface area (Å²) in [6.45, 7) is 2.24. The van der Waals surface area contributed by atoms with Crippen LogP contribution in [0.15, 0.2) is 30.3 Å². The molecule has 2 aromatic heterocycles. The fraction of sp³-hybridized carbons (Fsp3) is 0.200. The molecule has 0 saturated heterocycles.